The van der Waals surface area contributed by atoms with E-state index in [-0.39, 0.29) is 35.6 Å². The first-order valence-corrected chi connectivity index (χ1v) is 18.6. The summed E-state index contributed by atoms with van der Waals surface area (Å²) in [7, 11) is 0. The summed E-state index contributed by atoms with van der Waals surface area (Å²) < 4.78 is 91.8. The van der Waals surface area contributed by atoms with E-state index in [0.717, 1.165) is 56.0 Å². The molecular formula is C36H37BrClF6N9O2. The van der Waals surface area contributed by atoms with E-state index in [0.29, 0.717) is 39.9 Å². The zero-order valence-electron chi connectivity index (χ0n) is 30.1. The molecule has 0 spiro atoms. The Balaban J connectivity index is 0.000000219. The van der Waals surface area contributed by atoms with Crippen LogP contribution in [0.4, 0.5) is 32.2 Å². The van der Waals surface area contributed by atoms with Crippen LogP contribution in [0.3, 0.4) is 0 Å². The molecule has 3 atom stereocenters. The number of fused-ring (bicyclic) bond motifs is 2. The maximum Gasteiger partial charge on any atom is 0.416 e. The zero-order chi connectivity index (χ0) is 39.7. The van der Waals surface area contributed by atoms with E-state index in [4.69, 9.17) is 21.1 Å². The van der Waals surface area contributed by atoms with Gasteiger partial charge >= 0.3 is 24.4 Å². The predicted molar refractivity (Wildman–Crippen MR) is 194 cm³/mol. The standard InChI is InChI=1S/C24H26ClF3N6O.C12H11BrF3N3O/c1-14(2)34-23(35-18-5-3-4-17(8-18)24(26,27)28)31-21(32-34)9-19-15-6-7-16(19)12-33(11-15)22-10-20(25)29-13-30-22;1-7(2)19-11(17-10(13)18-19)20-9-5-3-4-8(6-9)12(14,15)16/h3-5,8,10,13-16,19H,6-7,9,11-12H2,1-2H3;3-7H,1-2H3/t15-,16+,19?;. The lowest BCUT2D eigenvalue weighted by Crippen LogP contribution is -2.43. The molecule has 1 saturated carbocycles. The summed E-state index contributed by atoms with van der Waals surface area (Å²) in [6.45, 7) is 9.36. The van der Waals surface area contributed by atoms with E-state index in [1.165, 1.54) is 35.3 Å². The summed E-state index contributed by atoms with van der Waals surface area (Å²) in [5, 5.41) is 9.15. The topological polar surface area (TPSA) is 109 Å². The first kappa shape index (κ1) is 40.2. The van der Waals surface area contributed by atoms with Crippen LogP contribution in [0.25, 0.3) is 0 Å². The van der Waals surface area contributed by atoms with Gasteiger partial charge in [-0.15, -0.1) is 5.10 Å². The van der Waals surface area contributed by atoms with Gasteiger partial charge in [0.2, 0.25) is 4.73 Å². The van der Waals surface area contributed by atoms with Crippen molar-refractivity contribution in [3.8, 4) is 23.5 Å². The van der Waals surface area contributed by atoms with Crippen molar-refractivity contribution in [2.45, 2.75) is 71.4 Å². The molecule has 4 heterocycles. The fourth-order valence-corrected chi connectivity index (χ4v) is 7.24. The summed E-state index contributed by atoms with van der Waals surface area (Å²) in [5.74, 6) is 3.01. The number of anilines is 1. The Morgan fingerprint density at radius 3 is 1.80 bits per heavy atom. The third-order valence-electron chi connectivity index (χ3n) is 9.33. The van der Waals surface area contributed by atoms with Crippen LogP contribution in [0.15, 0.2) is 65.7 Å². The molecule has 294 valence electrons. The van der Waals surface area contributed by atoms with Gasteiger partial charge in [-0.05, 0) is 111 Å². The number of halogens is 8. The van der Waals surface area contributed by atoms with Crippen molar-refractivity contribution in [3.05, 3.63) is 87.8 Å². The quantitative estimate of drug-likeness (QED) is 0.106. The van der Waals surface area contributed by atoms with Crippen LogP contribution in [0.2, 0.25) is 5.15 Å². The summed E-state index contributed by atoms with van der Waals surface area (Å²) in [4.78, 5) is 19.2. The highest BCUT2D eigenvalue weighted by Gasteiger charge is 2.43. The van der Waals surface area contributed by atoms with Gasteiger partial charge in [0.1, 0.15) is 28.8 Å². The van der Waals surface area contributed by atoms with Crippen LogP contribution in [0.5, 0.6) is 23.5 Å². The number of nitrogens with zero attached hydrogens (tertiary/aromatic N) is 9. The van der Waals surface area contributed by atoms with Crippen molar-refractivity contribution >= 4 is 33.3 Å². The average Bonchev–Trinajstić information content (AvgIpc) is 3.75. The highest BCUT2D eigenvalue weighted by molar-refractivity contribution is 9.10. The first-order chi connectivity index (χ1) is 25.9. The van der Waals surface area contributed by atoms with Crippen LogP contribution < -0.4 is 14.4 Å². The van der Waals surface area contributed by atoms with Gasteiger partial charge in [-0.1, -0.05) is 23.7 Å². The van der Waals surface area contributed by atoms with Crippen molar-refractivity contribution in [2.24, 2.45) is 17.8 Å². The molecule has 1 aliphatic carbocycles. The lowest BCUT2D eigenvalue weighted by molar-refractivity contribution is -0.138. The average molecular weight is 857 g/mol. The molecule has 0 N–H and O–H groups in total. The molecule has 11 nitrogen and oxygen atoms in total. The molecule has 1 saturated heterocycles. The van der Waals surface area contributed by atoms with Crippen LogP contribution >= 0.6 is 27.5 Å². The number of ether oxygens (including phenoxy) is 2. The number of piperidine rings is 1. The van der Waals surface area contributed by atoms with E-state index >= 15 is 0 Å². The second-order valence-electron chi connectivity index (χ2n) is 13.9. The second kappa shape index (κ2) is 16.3. The highest BCUT2D eigenvalue weighted by Crippen LogP contribution is 2.44. The minimum absolute atomic E-state index is 0.0328. The van der Waals surface area contributed by atoms with Gasteiger partial charge in [0.05, 0.1) is 23.2 Å². The van der Waals surface area contributed by atoms with Crippen LogP contribution in [-0.2, 0) is 18.8 Å². The van der Waals surface area contributed by atoms with Crippen molar-refractivity contribution in [1.29, 1.82) is 0 Å². The Morgan fingerprint density at radius 2 is 1.29 bits per heavy atom. The third-order valence-corrected chi connectivity index (χ3v) is 9.87. The summed E-state index contributed by atoms with van der Waals surface area (Å²) in [5.41, 5.74) is -1.54. The zero-order valence-corrected chi connectivity index (χ0v) is 32.4. The Kier molecular flexibility index (Phi) is 11.9. The van der Waals surface area contributed by atoms with Crippen LogP contribution in [0, 0.1) is 17.8 Å². The van der Waals surface area contributed by atoms with Crippen LogP contribution in [0.1, 0.15) is 69.6 Å². The highest BCUT2D eigenvalue weighted by atomic mass is 79.9. The smallest absolute Gasteiger partial charge is 0.416 e. The fourth-order valence-electron chi connectivity index (χ4n) is 6.78. The third kappa shape index (κ3) is 9.87. The molecule has 5 aromatic rings. The molecule has 2 aromatic carbocycles. The molecule has 55 heavy (non-hydrogen) atoms. The number of rotatable bonds is 9. The Morgan fingerprint density at radius 1 is 0.764 bits per heavy atom. The second-order valence-corrected chi connectivity index (χ2v) is 15.0. The predicted octanol–water partition coefficient (Wildman–Crippen LogP) is 10.3. The van der Waals surface area contributed by atoms with Gasteiger partial charge in [0.25, 0.3) is 0 Å². The van der Waals surface area contributed by atoms with Crippen LogP contribution in [-0.4, -0.2) is 52.6 Å². The molecule has 2 bridgehead atoms. The normalized spacial score (nSPS) is 18.4. The van der Waals surface area contributed by atoms with E-state index < -0.39 is 23.5 Å². The number of alkyl halides is 6. The van der Waals surface area contributed by atoms with Gasteiger partial charge < -0.3 is 14.4 Å². The van der Waals surface area contributed by atoms with Gasteiger partial charge in [-0.3, -0.25) is 0 Å². The molecule has 7 rings (SSSR count). The monoisotopic (exact) mass is 855 g/mol. The Hall–Kier alpha value is -4.45. The Bertz CT molecular complexity index is 2080. The molecular weight excluding hydrogens is 820 g/mol. The lowest BCUT2D eigenvalue weighted by atomic mass is 9.82. The summed E-state index contributed by atoms with van der Waals surface area (Å²) in [6, 6.07) is 11.5. The molecule has 3 aromatic heterocycles. The van der Waals surface area contributed by atoms with Gasteiger partial charge in [0.15, 0.2) is 5.82 Å². The maximum atomic E-state index is 13.1. The number of hydrogen-bond acceptors (Lipinski definition) is 9. The van der Waals surface area contributed by atoms with E-state index in [1.54, 1.807) is 10.7 Å². The van der Waals surface area contributed by atoms with Crippen molar-refractivity contribution < 1.29 is 35.8 Å². The minimum Gasteiger partial charge on any atom is -0.424 e. The molecule has 0 radical (unpaired) electrons. The van der Waals surface area contributed by atoms with E-state index in [9.17, 15) is 26.3 Å². The van der Waals surface area contributed by atoms with E-state index in [1.807, 2.05) is 27.7 Å². The van der Waals surface area contributed by atoms with Crippen molar-refractivity contribution in [1.82, 2.24) is 39.5 Å². The first-order valence-electron chi connectivity index (χ1n) is 17.4. The summed E-state index contributed by atoms with van der Waals surface area (Å²) in [6.07, 6.45) is -4.41. The lowest BCUT2D eigenvalue weighted by Gasteiger charge is -2.38. The van der Waals surface area contributed by atoms with Gasteiger partial charge in [0, 0.05) is 25.6 Å². The number of hydrogen-bond donors (Lipinski definition) is 0. The maximum absolute atomic E-state index is 13.1. The summed E-state index contributed by atoms with van der Waals surface area (Å²) >= 11 is 9.16. The van der Waals surface area contributed by atoms with Crippen molar-refractivity contribution in [2.75, 3.05) is 18.0 Å². The van der Waals surface area contributed by atoms with E-state index in [2.05, 4.69) is 51.0 Å². The van der Waals surface area contributed by atoms with Gasteiger partial charge in [-0.25, -0.2) is 19.3 Å². The number of aromatic nitrogens is 8. The largest absolute Gasteiger partial charge is 0.424 e. The Labute approximate surface area is 326 Å². The molecule has 2 aliphatic rings. The molecule has 2 fully saturated rings. The molecule has 19 heteroatoms. The molecule has 1 aliphatic heterocycles. The minimum atomic E-state index is -4.44. The molecule has 0 amide bonds. The number of benzene rings is 2. The SMILES string of the molecule is CC(C)n1nc(Br)nc1Oc1cccc(C(F)(F)F)c1.CC(C)n1nc(CC2[C@@H]3CC[C@H]2CN(c2cc(Cl)ncn2)C3)nc1Oc1cccc(C(F)(F)F)c1. The van der Waals surface area contributed by atoms with Crippen molar-refractivity contribution in [3.63, 3.8) is 0 Å². The molecule has 1 unspecified atom stereocenters. The fraction of sp³-hybridized carbons (Fsp3) is 0.444. The van der Waals surface area contributed by atoms with Gasteiger partial charge in [-0.2, -0.15) is 41.4 Å².